The van der Waals surface area contributed by atoms with Crippen LogP contribution < -0.4 is 4.74 Å². The van der Waals surface area contributed by atoms with Crippen LogP contribution in [0, 0.1) is 0 Å². The van der Waals surface area contributed by atoms with E-state index in [1.54, 1.807) is 31.4 Å². The highest BCUT2D eigenvalue weighted by molar-refractivity contribution is 8.03. The van der Waals surface area contributed by atoms with Crippen molar-refractivity contribution in [1.29, 1.82) is 0 Å². The Labute approximate surface area is 135 Å². The lowest BCUT2D eigenvalue weighted by molar-refractivity contribution is 0.153. The minimum Gasteiger partial charge on any atom is -0.497 e. The van der Waals surface area contributed by atoms with Gasteiger partial charge >= 0.3 is 6.09 Å². The van der Waals surface area contributed by atoms with Gasteiger partial charge in [0, 0.05) is 11.9 Å². The van der Waals surface area contributed by atoms with Crippen LogP contribution in [0.25, 0.3) is 0 Å². The third kappa shape index (κ3) is 6.09. The Balaban J connectivity index is 2.82. The van der Waals surface area contributed by atoms with Crippen LogP contribution in [-0.4, -0.2) is 34.1 Å². The molecule has 0 spiro atoms. The lowest BCUT2D eigenvalue weighted by Crippen LogP contribution is -2.22. The van der Waals surface area contributed by atoms with Gasteiger partial charge in [-0.2, -0.15) is 5.10 Å². The third-order valence-electron chi connectivity index (χ3n) is 1.95. The van der Waals surface area contributed by atoms with Gasteiger partial charge in [-0.05, 0) is 29.8 Å². The Kier molecular flexibility index (Phi) is 6.75. The summed E-state index contributed by atoms with van der Waals surface area (Å²) in [7, 11) is 2.77. The molecule has 1 amide bonds. The van der Waals surface area contributed by atoms with Gasteiger partial charge in [0.05, 0.1) is 20.4 Å². The number of methoxy groups -OCH3 is 2. The third-order valence-corrected chi connectivity index (χ3v) is 3.19. The largest absolute Gasteiger partial charge is 0.497 e. The zero-order chi connectivity index (χ0) is 15.2. The monoisotopic (exact) mass is 356 g/mol. The Morgan fingerprint density at radius 1 is 1.30 bits per heavy atom. The number of nitrogens with zero attached hydrogens (tertiary/aromatic N) is 2. The first-order valence-electron chi connectivity index (χ1n) is 5.17. The number of carbonyl (C=O) groups excluding carboxylic acids is 1. The molecule has 0 saturated carbocycles. The summed E-state index contributed by atoms with van der Waals surface area (Å²) in [4.78, 5) is 11.5. The molecule has 20 heavy (non-hydrogen) atoms. The highest BCUT2D eigenvalue weighted by Crippen LogP contribution is 2.41. The first-order chi connectivity index (χ1) is 9.35. The van der Waals surface area contributed by atoms with E-state index < -0.39 is 9.22 Å². The molecule has 110 valence electrons. The Morgan fingerprint density at radius 2 is 1.90 bits per heavy atom. The van der Waals surface area contributed by atoms with Crippen molar-refractivity contribution in [3.05, 3.63) is 29.8 Å². The summed E-state index contributed by atoms with van der Waals surface area (Å²) in [5.74, 6) is 0.711. The summed E-state index contributed by atoms with van der Waals surface area (Å²) >= 11 is 17.4. The second-order valence-corrected chi connectivity index (χ2v) is 7.39. The molecular formula is C11H11Cl3N2O3S. The van der Waals surface area contributed by atoms with E-state index in [1.165, 1.54) is 13.3 Å². The molecule has 0 atom stereocenters. The molecule has 0 radical (unpaired) electrons. The molecular weight excluding hydrogens is 347 g/mol. The van der Waals surface area contributed by atoms with Crippen molar-refractivity contribution >= 4 is 59.1 Å². The molecule has 0 saturated heterocycles. The summed E-state index contributed by atoms with van der Waals surface area (Å²) < 4.78 is 8.68. The van der Waals surface area contributed by atoms with Crippen LogP contribution in [0.4, 0.5) is 4.79 Å². The summed E-state index contributed by atoms with van der Waals surface area (Å²) in [6.45, 7) is 0. The summed E-state index contributed by atoms with van der Waals surface area (Å²) in [6.07, 6.45) is 0.672. The predicted molar refractivity (Wildman–Crippen MR) is 82.7 cm³/mol. The molecule has 1 rings (SSSR count). The van der Waals surface area contributed by atoms with Gasteiger partial charge in [-0.25, -0.2) is 4.79 Å². The van der Waals surface area contributed by atoms with Crippen molar-refractivity contribution in [2.24, 2.45) is 5.10 Å². The number of benzene rings is 1. The highest BCUT2D eigenvalue weighted by Gasteiger charge is 2.29. The maximum atomic E-state index is 11.5. The topological polar surface area (TPSA) is 51.1 Å². The Bertz CT molecular complexity index is 477. The number of hydrogen-bond donors (Lipinski definition) is 0. The fourth-order valence-corrected chi connectivity index (χ4v) is 2.12. The first kappa shape index (κ1) is 17.2. The fourth-order valence-electron chi connectivity index (χ4n) is 1.09. The van der Waals surface area contributed by atoms with E-state index in [9.17, 15) is 4.79 Å². The molecule has 0 aliphatic carbocycles. The average Bonchev–Trinajstić information content (AvgIpc) is 2.42. The molecule has 0 aliphatic rings. The minimum absolute atomic E-state index is 0.594. The van der Waals surface area contributed by atoms with E-state index in [1.807, 2.05) is 0 Å². The van der Waals surface area contributed by atoms with Crippen LogP contribution in [0.15, 0.2) is 29.4 Å². The van der Waals surface area contributed by atoms with Crippen LogP contribution in [0.2, 0.25) is 0 Å². The molecule has 1 aromatic carbocycles. The zero-order valence-corrected chi connectivity index (χ0v) is 13.6. The standard InChI is InChI=1S/C11H11Cl3N2O3S/c1-18-9-5-3-8(4-6-9)7-15-16(10(17)19-2)20-11(12,13)14/h3-7H,1-2H3. The van der Waals surface area contributed by atoms with Crippen LogP contribution in [0.1, 0.15) is 5.56 Å². The predicted octanol–water partition coefficient (Wildman–Crippen LogP) is 4.07. The normalized spacial score (nSPS) is 11.4. The van der Waals surface area contributed by atoms with Crippen molar-refractivity contribution < 1.29 is 14.3 Å². The Hall–Kier alpha value is -0.820. The second kappa shape index (κ2) is 7.83. The van der Waals surface area contributed by atoms with E-state index >= 15 is 0 Å². The van der Waals surface area contributed by atoms with Crippen molar-refractivity contribution in [3.63, 3.8) is 0 Å². The van der Waals surface area contributed by atoms with E-state index in [-0.39, 0.29) is 0 Å². The zero-order valence-electron chi connectivity index (χ0n) is 10.5. The van der Waals surface area contributed by atoms with Gasteiger partial charge in [-0.3, -0.25) is 0 Å². The van der Waals surface area contributed by atoms with Crippen molar-refractivity contribution in [3.8, 4) is 5.75 Å². The van der Waals surface area contributed by atoms with E-state index in [4.69, 9.17) is 39.5 Å². The van der Waals surface area contributed by atoms with Crippen molar-refractivity contribution in [2.75, 3.05) is 14.2 Å². The lowest BCUT2D eigenvalue weighted by atomic mass is 10.2. The van der Waals surface area contributed by atoms with Crippen molar-refractivity contribution in [1.82, 2.24) is 4.41 Å². The molecule has 0 fully saturated rings. The number of halogens is 3. The summed E-state index contributed by atoms with van der Waals surface area (Å²) in [6, 6.07) is 7.04. The van der Waals surface area contributed by atoms with E-state index in [0.29, 0.717) is 17.7 Å². The molecule has 9 heteroatoms. The van der Waals surface area contributed by atoms with E-state index in [2.05, 4.69) is 9.84 Å². The minimum atomic E-state index is -1.73. The molecule has 5 nitrogen and oxygen atoms in total. The van der Waals surface area contributed by atoms with Gasteiger partial charge in [0.2, 0.25) is 0 Å². The van der Waals surface area contributed by atoms with E-state index in [0.717, 1.165) is 9.98 Å². The number of ether oxygens (including phenoxy) is 2. The maximum Gasteiger partial charge on any atom is 0.440 e. The molecule has 0 heterocycles. The van der Waals surface area contributed by atoms with Gasteiger partial charge in [0.25, 0.3) is 3.12 Å². The smallest absolute Gasteiger partial charge is 0.440 e. The van der Waals surface area contributed by atoms with Gasteiger partial charge < -0.3 is 9.47 Å². The highest BCUT2D eigenvalue weighted by atomic mass is 35.6. The van der Waals surface area contributed by atoms with Crippen LogP contribution in [0.5, 0.6) is 5.75 Å². The number of amides is 1. The first-order valence-corrected chi connectivity index (χ1v) is 7.08. The summed E-state index contributed by atoms with van der Waals surface area (Å²) in [5, 5.41) is 3.91. The summed E-state index contributed by atoms with van der Waals surface area (Å²) in [5.41, 5.74) is 0.740. The number of alkyl halides is 3. The van der Waals surface area contributed by atoms with Crippen molar-refractivity contribution in [2.45, 2.75) is 3.12 Å². The number of carbonyl (C=O) groups is 1. The van der Waals surface area contributed by atoms with Crippen LogP contribution in [0.3, 0.4) is 0 Å². The fraction of sp³-hybridized carbons (Fsp3) is 0.273. The molecule has 0 unspecified atom stereocenters. The molecule has 1 aromatic rings. The van der Waals surface area contributed by atoms with Gasteiger partial charge in [0.15, 0.2) is 0 Å². The average molecular weight is 358 g/mol. The maximum absolute atomic E-state index is 11.5. The molecule has 0 bridgehead atoms. The second-order valence-electron chi connectivity index (χ2n) is 3.30. The number of hydrogen-bond acceptors (Lipinski definition) is 5. The van der Waals surface area contributed by atoms with Crippen LogP contribution >= 0.6 is 46.8 Å². The van der Waals surface area contributed by atoms with Gasteiger partial charge in [-0.15, -0.1) is 4.41 Å². The van der Waals surface area contributed by atoms with Gasteiger partial charge in [0.1, 0.15) is 5.75 Å². The number of hydrazone groups is 1. The van der Waals surface area contributed by atoms with Gasteiger partial charge in [-0.1, -0.05) is 34.8 Å². The quantitative estimate of drug-likeness (QED) is 0.353. The lowest BCUT2D eigenvalue weighted by Gasteiger charge is -2.18. The van der Waals surface area contributed by atoms with Crippen LogP contribution in [-0.2, 0) is 4.74 Å². The molecule has 0 aromatic heterocycles. The molecule has 0 aliphatic heterocycles. The SMILES string of the molecule is COC(=O)N(N=Cc1ccc(OC)cc1)SC(Cl)(Cl)Cl. The molecule has 0 N–H and O–H groups in total. The Morgan fingerprint density at radius 3 is 2.35 bits per heavy atom. The number of rotatable bonds is 4.